The molecular formula is C51H84NO8P. The number of unbranched alkanes of at least 4 members (excludes halogenated alkanes) is 11. The number of rotatable bonds is 42. The van der Waals surface area contributed by atoms with Crippen LogP contribution in [0.4, 0.5) is 0 Å². The first-order chi connectivity index (χ1) is 29.8. The van der Waals surface area contributed by atoms with Gasteiger partial charge in [-0.2, -0.15) is 0 Å². The van der Waals surface area contributed by atoms with Gasteiger partial charge in [-0.3, -0.25) is 18.6 Å². The van der Waals surface area contributed by atoms with Gasteiger partial charge in [0.05, 0.1) is 13.2 Å². The van der Waals surface area contributed by atoms with E-state index in [0.29, 0.717) is 12.8 Å². The number of phosphoric acid groups is 1. The third kappa shape index (κ3) is 46.0. The van der Waals surface area contributed by atoms with Crippen LogP contribution < -0.4 is 5.73 Å². The lowest BCUT2D eigenvalue weighted by molar-refractivity contribution is -0.161. The second-order valence-electron chi connectivity index (χ2n) is 14.9. The molecule has 0 aliphatic carbocycles. The maximum absolute atomic E-state index is 12.6. The first kappa shape index (κ1) is 57.7. The third-order valence-corrected chi connectivity index (χ3v) is 10.2. The van der Waals surface area contributed by atoms with Gasteiger partial charge >= 0.3 is 19.8 Å². The smallest absolute Gasteiger partial charge is 0.462 e. The van der Waals surface area contributed by atoms with Crippen LogP contribution in [0.2, 0.25) is 0 Å². The largest absolute Gasteiger partial charge is 0.472 e. The normalized spacial score (nSPS) is 14.2. The fraction of sp³-hybridized carbons (Fsp3) is 0.608. The van der Waals surface area contributed by atoms with E-state index in [4.69, 9.17) is 24.3 Å². The summed E-state index contributed by atoms with van der Waals surface area (Å²) in [6, 6.07) is 0. The molecule has 346 valence electrons. The minimum atomic E-state index is -4.40. The molecule has 0 heterocycles. The van der Waals surface area contributed by atoms with Crippen molar-refractivity contribution in [3.63, 3.8) is 0 Å². The number of hydrogen-bond donors (Lipinski definition) is 2. The van der Waals surface area contributed by atoms with Gasteiger partial charge in [-0.1, -0.05) is 187 Å². The van der Waals surface area contributed by atoms with Crippen LogP contribution in [0.5, 0.6) is 0 Å². The quantitative estimate of drug-likeness (QED) is 0.0266. The summed E-state index contributed by atoms with van der Waals surface area (Å²) in [5.41, 5.74) is 5.34. The van der Waals surface area contributed by atoms with E-state index < -0.39 is 32.5 Å². The van der Waals surface area contributed by atoms with Crippen molar-refractivity contribution in [2.24, 2.45) is 5.73 Å². The van der Waals surface area contributed by atoms with Crippen LogP contribution in [0.1, 0.15) is 168 Å². The number of carbonyl (C=O) groups excluding carboxylic acids is 2. The lowest BCUT2D eigenvalue weighted by Gasteiger charge is -2.19. The lowest BCUT2D eigenvalue weighted by atomic mass is 10.1. The molecule has 2 atom stereocenters. The summed E-state index contributed by atoms with van der Waals surface area (Å²) in [6.45, 7) is 3.52. The van der Waals surface area contributed by atoms with E-state index in [9.17, 15) is 19.0 Å². The van der Waals surface area contributed by atoms with Gasteiger partial charge in [0.25, 0.3) is 0 Å². The van der Waals surface area contributed by atoms with Crippen LogP contribution in [0.25, 0.3) is 0 Å². The molecule has 0 aliphatic heterocycles. The van der Waals surface area contributed by atoms with Crippen molar-refractivity contribution in [3.05, 3.63) is 109 Å². The minimum Gasteiger partial charge on any atom is -0.462 e. The Kier molecular flexibility index (Phi) is 43.7. The van der Waals surface area contributed by atoms with Crippen molar-refractivity contribution >= 4 is 19.8 Å². The predicted octanol–water partition coefficient (Wildman–Crippen LogP) is 13.9. The molecule has 0 saturated heterocycles. The Morgan fingerprint density at radius 2 is 0.902 bits per heavy atom. The van der Waals surface area contributed by atoms with Gasteiger partial charge < -0.3 is 20.1 Å². The van der Waals surface area contributed by atoms with E-state index >= 15 is 0 Å². The number of carbonyl (C=O) groups is 2. The van der Waals surface area contributed by atoms with Crippen molar-refractivity contribution in [2.75, 3.05) is 26.4 Å². The topological polar surface area (TPSA) is 134 Å². The molecule has 0 bridgehead atoms. The highest BCUT2D eigenvalue weighted by Crippen LogP contribution is 2.43. The summed E-state index contributed by atoms with van der Waals surface area (Å²) in [6.07, 6.45) is 61.4. The summed E-state index contributed by atoms with van der Waals surface area (Å²) >= 11 is 0. The van der Waals surface area contributed by atoms with Gasteiger partial charge in [0.1, 0.15) is 6.61 Å². The van der Waals surface area contributed by atoms with Crippen LogP contribution in [-0.4, -0.2) is 49.3 Å². The molecule has 0 amide bonds. The number of hydrogen-bond acceptors (Lipinski definition) is 8. The Morgan fingerprint density at radius 1 is 0.508 bits per heavy atom. The van der Waals surface area contributed by atoms with Crippen molar-refractivity contribution in [1.29, 1.82) is 0 Å². The summed E-state index contributed by atoms with van der Waals surface area (Å²) < 4.78 is 32.7. The molecule has 0 spiro atoms. The highest BCUT2D eigenvalue weighted by atomic mass is 31.2. The summed E-state index contributed by atoms with van der Waals surface area (Å²) in [7, 11) is -4.40. The zero-order valence-electron chi connectivity index (χ0n) is 38.1. The molecule has 3 N–H and O–H groups in total. The van der Waals surface area contributed by atoms with E-state index in [2.05, 4.69) is 117 Å². The molecule has 0 radical (unpaired) electrons. The Morgan fingerprint density at radius 3 is 1.33 bits per heavy atom. The van der Waals surface area contributed by atoms with Crippen LogP contribution in [0.3, 0.4) is 0 Å². The third-order valence-electron chi connectivity index (χ3n) is 9.17. The van der Waals surface area contributed by atoms with Crippen LogP contribution in [-0.2, 0) is 32.7 Å². The standard InChI is InChI=1S/C51H84NO8P/c1-3-5-7-9-11-13-15-16-17-18-19-20-21-22-23-24-25-26-27-28-29-30-31-32-34-36-38-40-42-44-51(54)60-49(48-59-61(55,56)58-46-45-52)47-57-50(53)43-41-39-37-35-33-14-12-10-8-6-4-2/h5,7,11,13,16-17,19-20,22-23,25-26,28-29,31-32,36,38,49H,3-4,6,8-10,12,14-15,18,21,24,27,30,33-35,37,39-48,52H2,1-2H3,(H,55,56)/b7-5-,13-11-,17-16-,20-19-,23-22-,26-25-,29-28-,32-31-,38-36-. The SMILES string of the molecule is CC/C=C\C/C=C\C/C=C\C/C=C\C/C=C\C/C=C\C/C=C\C/C=C\C/C=C\CCCC(=O)OC(COC(=O)CCCCCCCCCCCCC)COP(=O)(O)OCCN. The average Bonchev–Trinajstić information content (AvgIpc) is 3.25. The van der Waals surface area contributed by atoms with Crippen molar-refractivity contribution in [1.82, 2.24) is 0 Å². The molecule has 0 fully saturated rings. The van der Waals surface area contributed by atoms with Crippen LogP contribution >= 0.6 is 7.82 Å². The molecule has 0 aromatic carbocycles. The Bertz CT molecular complexity index is 1360. The van der Waals surface area contributed by atoms with E-state index in [0.717, 1.165) is 77.0 Å². The van der Waals surface area contributed by atoms with Crippen molar-refractivity contribution in [3.8, 4) is 0 Å². The Balaban J connectivity index is 4.21. The van der Waals surface area contributed by atoms with Crippen LogP contribution in [0, 0.1) is 0 Å². The molecule has 0 aromatic heterocycles. The molecule has 0 aliphatic rings. The molecule has 61 heavy (non-hydrogen) atoms. The minimum absolute atomic E-state index is 0.0391. The van der Waals surface area contributed by atoms with E-state index in [1.165, 1.54) is 51.4 Å². The number of nitrogens with two attached hydrogens (primary N) is 1. The molecule has 9 nitrogen and oxygen atoms in total. The zero-order chi connectivity index (χ0) is 44.6. The fourth-order valence-electron chi connectivity index (χ4n) is 5.75. The zero-order valence-corrected chi connectivity index (χ0v) is 39.0. The van der Waals surface area contributed by atoms with Crippen molar-refractivity contribution in [2.45, 2.75) is 174 Å². The van der Waals surface area contributed by atoms with Gasteiger partial charge in [0.2, 0.25) is 0 Å². The monoisotopic (exact) mass is 870 g/mol. The highest BCUT2D eigenvalue weighted by molar-refractivity contribution is 7.47. The Labute approximate surface area is 371 Å². The van der Waals surface area contributed by atoms with Gasteiger partial charge in [-0.25, -0.2) is 4.57 Å². The van der Waals surface area contributed by atoms with Crippen molar-refractivity contribution < 1.29 is 37.6 Å². The highest BCUT2D eigenvalue weighted by Gasteiger charge is 2.25. The van der Waals surface area contributed by atoms with Gasteiger partial charge in [0, 0.05) is 19.4 Å². The second-order valence-corrected chi connectivity index (χ2v) is 16.3. The maximum atomic E-state index is 12.6. The number of allylic oxidation sites excluding steroid dienone is 18. The summed E-state index contributed by atoms with van der Waals surface area (Å²) in [5.74, 6) is -0.908. The maximum Gasteiger partial charge on any atom is 0.472 e. The van der Waals surface area contributed by atoms with Crippen LogP contribution in [0.15, 0.2) is 109 Å². The Hall–Kier alpha value is -3.33. The first-order valence-electron chi connectivity index (χ1n) is 23.4. The average molecular weight is 870 g/mol. The lowest BCUT2D eigenvalue weighted by Crippen LogP contribution is -2.29. The van der Waals surface area contributed by atoms with E-state index in [1.54, 1.807) is 0 Å². The number of esters is 2. The number of ether oxygens (including phenoxy) is 2. The van der Waals surface area contributed by atoms with E-state index in [-0.39, 0.29) is 32.6 Å². The van der Waals surface area contributed by atoms with Gasteiger partial charge in [-0.05, 0) is 77.0 Å². The molecular weight excluding hydrogens is 786 g/mol. The van der Waals surface area contributed by atoms with Gasteiger partial charge in [0.15, 0.2) is 6.10 Å². The second kappa shape index (κ2) is 46.2. The molecule has 10 heteroatoms. The molecule has 0 aromatic rings. The fourth-order valence-corrected chi connectivity index (χ4v) is 6.52. The predicted molar refractivity (Wildman–Crippen MR) is 256 cm³/mol. The molecule has 0 rings (SSSR count). The summed E-state index contributed by atoms with van der Waals surface area (Å²) in [5, 5.41) is 0. The van der Waals surface area contributed by atoms with Gasteiger partial charge in [-0.15, -0.1) is 0 Å². The number of phosphoric ester groups is 1. The first-order valence-corrected chi connectivity index (χ1v) is 24.9. The molecule has 0 saturated carbocycles. The summed E-state index contributed by atoms with van der Waals surface area (Å²) in [4.78, 5) is 34.8. The molecule has 2 unspecified atom stereocenters. The van der Waals surface area contributed by atoms with E-state index in [1.807, 2.05) is 6.08 Å².